The number of nitrogens with zero attached hydrogens (tertiary/aromatic N) is 1. The fourth-order valence-electron chi connectivity index (χ4n) is 3.65. The van der Waals surface area contributed by atoms with Gasteiger partial charge in [-0.05, 0) is 23.8 Å². The molecule has 1 aliphatic rings. The Balaban J connectivity index is 1.55. The first-order valence-electron chi connectivity index (χ1n) is 9.03. The number of carbonyl (C=O) groups is 2. The van der Waals surface area contributed by atoms with Crippen molar-refractivity contribution in [1.29, 1.82) is 0 Å². The Morgan fingerprint density at radius 2 is 1.69 bits per heavy atom. The maximum absolute atomic E-state index is 14.5. The number of carboxylic acid groups (broad SMARTS) is 1. The lowest BCUT2D eigenvalue weighted by Crippen LogP contribution is -2.19. The van der Waals surface area contributed by atoms with Crippen molar-refractivity contribution in [2.45, 2.75) is 5.92 Å². The Hall–Kier alpha value is -3.74. The summed E-state index contributed by atoms with van der Waals surface area (Å²) in [5.41, 5.74) is 0.713. The first-order valence-corrected chi connectivity index (χ1v) is 9.03. The summed E-state index contributed by atoms with van der Waals surface area (Å²) in [6.45, 7) is 0. The Morgan fingerprint density at radius 3 is 2.34 bits per heavy atom. The summed E-state index contributed by atoms with van der Waals surface area (Å²) in [6.07, 6.45) is 1.52. The van der Waals surface area contributed by atoms with Crippen molar-refractivity contribution < 1.29 is 19.1 Å². The molecular weight excluding hydrogens is 375 g/mol. The highest BCUT2D eigenvalue weighted by Gasteiger charge is 2.59. The van der Waals surface area contributed by atoms with Gasteiger partial charge in [-0.3, -0.25) is 19.0 Å². The van der Waals surface area contributed by atoms with Crippen molar-refractivity contribution in [2.24, 2.45) is 11.8 Å². The molecule has 1 fully saturated rings. The fourth-order valence-corrected chi connectivity index (χ4v) is 3.65. The number of pyridine rings is 1. The molecule has 1 amide bonds. The van der Waals surface area contributed by atoms with Crippen LogP contribution in [0, 0.1) is 17.7 Å². The standard InChI is InChI=1S/C22H17FN2O4/c23-15-12-14(25-11-5-4-8-17(25)26)9-10-16(15)24-21(27)19-18(20(19)22(28)29)13-6-2-1-3-7-13/h1-12,18-20H,(H,24,27)(H,28,29). The highest BCUT2D eigenvalue weighted by atomic mass is 19.1. The van der Waals surface area contributed by atoms with Crippen LogP contribution in [0.15, 0.2) is 77.7 Å². The molecule has 0 spiro atoms. The topological polar surface area (TPSA) is 88.4 Å². The van der Waals surface area contributed by atoms with Crippen LogP contribution in [-0.2, 0) is 9.59 Å². The number of benzene rings is 2. The molecule has 0 radical (unpaired) electrons. The van der Waals surface area contributed by atoms with Crippen LogP contribution in [0.1, 0.15) is 11.5 Å². The summed E-state index contributed by atoms with van der Waals surface area (Å²) in [7, 11) is 0. The van der Waals surface area contributed by atoms with Gasteiger partial charge in [0, 0.05) is 24.2 Å². The van der Waals surface area contributed by atoms with E-state index in [0.29, 0.717) is 5.69 Å². The predicted molar refractivity (Wildman–Crippen MR) is 104 cm³/mol. The average Bonchev–Trinajstić information content (AvgIpc) is 3.47. The van der Waals surface area contributed by atoms with Gasteiger partial charge >= 0.3 is 5.97 Å². The average molecular weight is 392 g/mol. The van der Waals surface area contributed by atoms with Crippen LogP contribution < -0.4 is 10.9 Å². The lowest BCUT2D eigenvalue weighted by molar-refractivity contribution is -0.139. The minimum atomic E-state index is -1.06. The lowest BCUT2D eigenvalue weighted by Gasteiger charge is -2.10. The minimum Gasteiger partial charge on any atom is -0.481 e. The maximum atomic E-state index is 14.5. The Kier molecular flexibility index (Phi) is 4.72. The number of nitrogens with one attached hydrogen (secondary N) is 1. The third-order valence-corrected chi connectivity index (χ3v) is 5.10. The van der Waals surface area contributed by atoms with E-state index in [1.165, 1.54) is 29.0 Å². The molecule has 2 aromatic carbocycles. The zero-order chi connectivity index (χ0) is 20.5. The molecule has 4 rings (SSSR count). The van der Waals surface area contributed by atoms with Crippen LogP contribution in [0.25, 0.3) is 5.69 Å². The predicted octanol–water partition coefficient (Wildman–Crippen LogP) is 3.03. The molecule has 2 N–H and O–H groups in total. The summed E-state index contributed by atoms with van der Waals surface area (Å²) < 4.78 is 15.8. The molecule has 7 heteroatoms. The highest BCUT2D eigenvalue weighted by molar-refractivity contribution is 6.00. The fraction of sp³-hybridized carbons (Fsp3) is 0.136. The monoisotopic (exact) mass is 392 g/mol. The molecule has 1 aromatic heterocycles. The summed E-state index contributed by atoms with van der Waals surface area (Å²) in [5, 5.41) is 11.9. The minimum absolute atomic E-state index is 0.0643. The smallest absolute Gasteiger partial charge is 0.307 e. The maximum Gasteiger partial charge on any atom is 0.307 e. The van der Waals surface area contributed by atoms with E-state index in [9.17, 15) is 23.9 Å². The van der Waals surface area contributed by atoms with Crippen molar-refractivity contribution >= 4 is 17.6 Å². The number of aliphatic carboxylic acids is 1. The third-order valence-electron chi connectivity index (χ3n) is 5.10. The molecule has 3 unspecified atom stereocenters. The number of hydrogen-bond acceptors (Lipinski definition) is 3. The summed E-state index contributed by atoms with van der Waals surface area (Å²) >= 11 is 0. The molecule has 0 saturated heterocycles. The first kappa shape index (κ1) is 18.6. The molecule has 0 aliphatic heterocycles. The Bertz CT molecular complexity index is 1140. The van der Waals surface area contributed by atoms with E-state index in [0.717, 1.165) is 11.6 Å². The van der Waals surface area contributed by atoms with Gasteiger partial charge in [0.1, 0.15) is 5.82 Å². The molecule has 3 atom stereocenters. The van der Waals surface area contributed by atoms with Gasteiger partial charge in [-0.2, -0.15) is 0 Å². The molecule has 1 heterocycles. The lowest BCUT2D eigenvalue weighted by atomic mass is 10.1. The van der Waals surface area contributed by atoms with Gasteiger partial charge in [0.15, 0.2) is 0 Å². The molecule has 1 saturated carbocycles. The highest BCUT2D eigenvalue weighted by Crippen LogP contribution is 2.54. The molecule has 1 aliphatic carbocycles. The Morgan fingerprint density at radius 1 is 0.966 bits per heavy atom. The van der Waals surface area contributed by atoms with Gasteiger partial charge in [0.2, 0.25) is 5.91 Å². The number of aromatic nitrogens is 1. The number of carboxylic acids is 1. The van der Waals surface area contributed by atoms with Crippen molar-refractivity contribution in [2.75, 3.05) is 5.32 Å². The van der Waals surface area contributed by atoms with Crippen molar-refractivity contribution in [3.8, 4) is 5.69 Å². The quantitative estimate of drug-likeness (QED) is 0.699. The van der Waals surface area contributed by atoms with Crippen LogP contribution in [0.5, 0.6) is 0 Å². The molecule has 6 nitrogen and oxygen atoms in total. The van der Waals surface area contributed by atoms with E-state index < -0.39 is 35.4 Å². The van der Waals surface area contributed by atoms with Crippen LogP contribution in [0.4, 0.5) is 10.1 Å². The number of carbonyl (C=O) groups excluding carboxylic acids is 1. The van der Waals surface area contributed by atoms with Crippen molar-refractivity contribution in [3.05, 3.63) is 94.7 Å². The second kappa shape index (κ2) is 7.35. The normalized spacial score (nSPS) is 20.1. The number of anilines is 1. The van der Waals surface area contributed by atoms with Gasteiger partial charge in [0.05, 0.1) is 23.2 Å². The van der Waals surface area contributed by atoms with E-state index in [2.05, 4.69) is 5.32 Å². The van der Waals surface area contributed by atoms with Crippen LogP contribution in [0.2, 0.25) is 0 Å². The van der Waals surface area contributed by atoms with Gasteiger partial charge in [-0.1, -0.05) is 36.4 Å². The SMILES string of the molecule is O=C(O)C1C(C(=O)Nc2ccc(-n3ccccc3=O)cc2F)C1c1ccccc1. The van der Waals surface area contributed by atoms with E-state index in [1.807, 2.05) is 6.07 Å². The van der Waals surface area contributed by atoms with E-state index in [-0.39, 0.29) is 11.2 Å². The number of amides is 1. The van der Waals surface area contributed by atoms with Gasteiger partial charge < -0.3 is 10.4 Å². The van der Waals surface area contributed by atoms with E-state index in [1.54, 1.807) is 36.4 Å². The first-order chi connectivity index (χ1) is 14.0. The van der Waals surface area contributed by atoms with E-state index in [4.69, 9.17) is 0 Å². The van der Waals surface area contributed by atoms with Crippen molar-refractivity contribution in [1.82, 2.24) is 4.57 Å². The van der Waals surface area contributed by atoms with Crippen LogP contribution in [-0.4, -0.2) is 21.6 Å². The Labute approximate surface area is 165 Å². The summed E-state index contributed by atoms with van der Waals surface area (Å²) in [4.78, 5) is 36.0. The van der Waals surface area contributed by atoms with Crippen LogP contribution in [0.3, 0.4) is 0 Å². The second-order valence-electron chi connectivity index (χ2n) is 6.89. The molecule has 29 heavy (non-hydrogen) atoms. The molecule has 146 valence electrons. The summed E-state index contributed by atoms with van der Waals surface area (Å²) in [5.74, 6) is -4.38. The zero-order valence-corrected chi connectivity index (χ0v) is 15.2. The van der Waals surface area contributed by atoms with Gasteiger partial charge in [-0.25, -0.2) is 4.39 Å². The zero-order valence-electron chi connectivity index (χ0n) is 15.2. The van der Waals surface area contributed by atoms with Gasteiger partial charge in [-0.15, -0.1) is 0 Å². The van der Waals surface area contributed by atoms with Gasteiger partial charge in [0.25, 0.3) is 5.56 Å². The summed E-state index contributed by atoms with van der Waals surface area (Å²) in [6, 6.07) is 17.5. The number of halogens is 1. The third kappa shape index (κ3) is 3.54. The van der Waals surface area contributed by atoms with Crippen molar-refractivity contribution in [3.63, 3.8) is 0 Å². The number of rotatable bonds is 5. The number of hydrogen-bond donors (Lipinski definition) is 2. The molecule has 0 bridgehead atoms. The molecular formula is C22H17FN2O4. The van der Waals surface area contributed by atoms with E-state index >= 15 is 0 Å². The molecule has 3 aromatic rings. The van der Waals surface area contributed by atoms with Crippen LogP contribution >= 0.6 is 0 Å². The second-order valence-corrected chi connectivity index (χ2v) is 6.89. The largest absolute Gasteiger partial charge is 0.481 e.